The lowest BCUT2D eigenvalue weighted by Crippen LogP contribution is -2.33. The van der Waals surface area contributed by atoms with E-state index in [1.54, 1.807) is 11.3 Å². The zero-order chi connectivity index (χ0) is 16.2. The number of likely N-dealkylation sites (N-methyl/N-ethyl adjacent to an activating group) is 1. The molecule has 0 spiro atoms. The Hall–Kier alpha value is -1.91. The van der Waals surface area contributed by atoms with Gasteiger partial charge in [0.1, 0.15) is 11.6 Å². The third-order valence-corrected chi connectivity index (χ3v) is 5.33. The second kappa shape index (κ2) is 7.11. The predicted octanol–water partition coefficient (Wildman–Crippen LogP) is 2.01. The highest BCUT2D eigenvalue weighted by atomic mass is 32.1. The summed E-state index contributed by atoms with van der Waals surface area (Å²) in [5.41, 5.74) is 1.22. The molecule has 0 bridgehead atoms. The zero-order valence-corrected chi connectivity index (χ0v) is 14.1. The number of nitrogens with one attached hydrogen (secondary N) is 2. The van der Waals surface area contributed by atoms with E-state index in [0.717, 1.165) is 56.0 Å². The predicted molar refractivity (Wildman–Crippen MR) is 89.9 cm³/mol. The molecule has 2 heterocycles. The van der Waals surface area contributed by atoms with Gasteiger partial charge in [0.25, 0.3) is 5.91 Å². The van der Waals surface area contributed by atoms with Crippen LogP contribution in [0.3, 0.4) is 0 Å². The van der Waals surface area contributed by atoms with Crippen molar-refractivity contribution >= 4 is 22.4 Å². The Labute approximate surface area is 140 Å². The molecule has 1 saturated carbocycles. The Morgan fingerprint density at radius 3 is 3.00 bits per heavy atom. The molecule has 0 aromatic carbocycles. The van der Waals surface area contributed by atoms with Crippen molar-refractivity contribution in [3.8, 4) is 6.07 Å². The van der Waals surface area contributed by atoms with Crippen LogP contribution in [0.25, 0.3) is 0 Å². The Morgan fingerprint density at radius 1 is 1.48 bits per heavy atom. The summed E-state index contributed by atoms with van der Waals surface area (Å²) in [5, 5.41) is 15.9. The minimum Gasteiger partial charge on any atom is -0.349 e. The molecule has 2 aliphatic rings. The first-order chi connectivity index (χ1) is 11.2. The highest BCUT2D eigenvalue weighted by Gasteiger charge is 2.20. The lowest BCUT2D eigenvalue weighted by Gasteiger charge is -2.20. The van der Waals surface area contributed by atoms with E-state index in [9.17, 15) is 10.1 Å². The molecule has 23 heavy (non-hydrogen) atoms. The molecule has 1 aromatic heterocycles. The van der Waals surface area contributed by atoms with Gasteiger partial charge in [-0.25, -0.2) is 4.98 Å². The minimum absolute atomic E-state index is 0.0992. The molecular formula is C16H21N5OS. The smallest absolute Gasteiger partial charge is 0.263 e. The molecule has 1 aliphatic carbocycles. The fraction of sp³-hybridized carbons (Fsp3) is 0.562. The number of thiazole rings is 1. The summed E-state index contributed by atoms with van der Waals surface area (Å²) in [7, 11) is 2.09. The standard InChI is InChI=1S/C16H21N5OS/c1-21-7-6-13-14(10-21)23-16(20-13)18-9-11(8-17)15(22)19-12-4-2-3-5-12/h9,12H,2-7,10H2,1H3,(H,18,20)(H,19,22)/b11-9-. The molecular weight excluding hydrogens is 310 g/mol. The number of nitriles is 1. The van der Waals surface area contributed by atoms with E-state index in [0.29, 0.717) is 0 Å². The molecule has 1 aromatic rings. The topological polar surface area (TPSA) is 81.1 Å². The SMILES string of the molecule is CN1CCc2nc(N/C=C(/C#N)C(=O)NC3CCCC3)sc2C1. The van der Waals surface area contributed by atoms with Crippen LogP contribution in [0.4, 0.5) is 5.13 Å². The molecule has 0 saturated heterocycles. The molecule has 2 N–H and O–H groups in total. The van der Waals surface area contributed by atoms with Crippen molar-refractivity contribution in [3.05, 3.63) is 22.3 Å². The van der Waals surface area contributed by atoms with Crippen molar-refractivity contribution in [1.82, 2.24) is 15.2 Å². The lowest BCUT2D eigenvalue weighted by atomic mass is 10.2. The first-order valence-corrected chi connectivity index (χ1v) is 8.82. The number of hydrogen-bond acceptors (Lipinski definition) is 6. The number of hydrogen-bond donors (Lipinski definition) is 2. The van der Waals surface area contributed by atoms with Crippen molar-refractivity contribution < 1.29 is 4.79 Å². The van der Waals surface area contributed by atoms with Crippen molar-refractivity contribution in [3.63, 3.8) is 0 Å². The lowest BCUT2D eigenvalue weighted by molar-refractivity contribution is -0.117. The number of anilines is 1. The largest absolute Gasteiger partial charge is 0.349 e. The summed E-state index contributed by atoms with van der Waals surface area (Å²) in [6, 6.07) is 2.18. The molecule has 0 unspecified atom stereocenters. The monoisotopic (exact) mass is 331 g/mol. The average Bonchev–Trinajstić information content (AvgIpc) is 3.16. The van der Waals surface area contributed by atoms with Gasteiger partial charge in [0.05, 0.1) is 5.69 Å². The number of amides is 1. The molecule has 3 rings (SSSR count). The van der Waals surface area contributed by atoms with Crippen LogP contribution in [0.5, 0.6) is 0 Å². The highest BCUT2D eigenvalue weighted by Crippen LogP contribution is 2.27. The van der Waals surface area contributed by atoms with E-state index in [2.05, 4.69) is 27.6 Å². The maximum atomic E-state index is 12.1. The molecule has 122 valence electrons. The summed E-state index contributed by atoms with van der Waals surface area (Å²) in [4.78, 5) is 20.2. The third kappa shape index (κ3) is 3.89. The summed E-state index contributed by atoms with van der Waals surface area (Å²) in [5.74, 6) is -0.298. The van der Waals surface area contributed by atoms with E-state index in [-0.39, 0.29) is 17.5 Å². The normalized spacial score (nSPS) is 19.2. The Kier molecular flexibility index (Phi) is 4.94. The molecule has 1 fully saturated rings. The molecule has 7 heteroatoms. The Bertz CT molecular complexity index is 654. The van der Waals surface area contributed by atoms with Crippen LogP contribution in [-0.4, -0.2) is 35.4 Å². The number of aromatic nitrogens is 1. The number of fused-ring (bicyclic) bond motifs is 1. The number of nitrogens with zero attached hydrogens (tertiary/aromatic N) is 3. The van der Waals surface area contributed by atoms with Gasteiger partial charge in [-0.15, -0.1) is 11.3 Å². The summed E-state index contributed by atoms with van der Waals surface area (Å²) < 4.78 is 0. The van der Waals surface area contributed by atoms with Gasteiger partial charge < -0.3 is 15.5 Å². The zero-order valence-electron chi connectivity index (χ0n) is 13.3. The van der Waals surface area contributed by atoms with Gasteiger partial charge in [-0.1, -0.05) is 12.8 Å². The van der Waals surface area contributed by atoms with Crippen LogP contribution >= 0.6 is 11.3 Å². The maximum absolute atomic E-state index is 12.1. The van der Waals surface area contributed by atoms with Gasteiger partial charge in [-0.05, 0) is 19.9 Å². The molecule has 1 aliphatic heterocycles. The summed E-state index contributed by atoms with van der Waals surface area (Å²) in [6.45, 7) is 1.92. The first kappa shape index (κ1) is 16.0. The fourth-order valence-corrected chi connectivity index (χ4v) is 4.06. The van der Waals surface area contributed by atoms with Crippen LogP contribution < -0.4 is 10.6 Å². The van der Waals surface area contributed by atoms with Crippen LogP contribution in [0.1, 0.15) is 36.3 Å². The number of carbonyl (C=O) groups excluding carboxylic acids is 1. The Morgan fingerprint density at radius 2 is 2.26 bits per heavy atom. The first-order valence-electron chi connectivity index (χ1n) is 8.00. The maximum Gasteiger partial charge on any atom is 0.263 e. The van der Waals surface area contributed by atoms with Gasteiger partial charge in [-0.3, -0.25) is 4.79 Å². The molecule has 0 radical (unpaired) electrons. The number of carbonyl (C=O) groups is 1. The number of rotatable bonds is 4. The van der Waals surface area contributed by atoms with Crippen LogP contribution in [0.2, 0.25) is 0 Å². The molecule has 6 nitrogen and oxygen atoms in total. The average molecular weight is 331 g/mol. The van der Waals surface area contributed by atoms with Gasteiger partial charge in [0.15, 0.2) is 5.13 Å². The van der Waals surface area contributed by atoms with E-state index < -0.39 is 0 Å². The van der Waals surface area contributed by atoms with Gasteiger partial charge in [0, 0.05) is 36.6 Å². The molecule has 0 atom stereocenters. The van der Waals surface area contributed by atoms with Gasteiger partial charge in [-0.2, -0.15) is 5.26 Å². The summed E-state index contributed by atoms with van der Waals surface area (Å²) in [6.07, 6.45) is 6.72. The van der Waals surface area contributed by atoms with E-state index >= 15 is 0 Å². The second-order valence-electron chi connectivity index (χ2n) is 6.15. The molecule has 1 amide bonds. The van der Waals surface area contributed by atoms with E-state index in [4.69, 9.17) is 0 Å². The summed E-state index contributed by atoms with van der Waals surface area (Å²) >= 11 is 1.59. The highest BCUT2D eigenvalue weighted by molar-refractivity contribution is 7.15. The van der Waals surface area contributed by atoms with E-state index in [1.807, 2.05) is 6.07 Å². The Balaban J connectivity index is 1.63. The van der Waals surface area contributed by atoms with Gasteiger partial charge in [0.2, 0.25) is 0 Å². The van der Waals surface area contributed by atoms with E-state index in [1.165, 1.54) is 11.1 Å². The van der Waals surface area contributed by atoms with Crippen LogP contribution in [0.15, 0.2) is 11.8 Å². The van der Waals surface area contributed by atoms with Crippen LogP contribution in [-0.2, 0) is 17.8 Å². The van der Waals surface area contributed by atoms with Crippen LogP contribution in [0, 0.1) is 11.3 Å². The quantitative estimate of drug-likeness (QED) is 0.651. The van der Waals surface area contributed by atoms with Crippen molar-refractivity contribution in [2.45, 2.75) is 44.7 Å². The van der Waals surface area contributed by atoms with Crippen molar-refractivity contribution in [2.75, 3.05) is 18.9 Å². The van der Waals surface area contributed by atoms with Crippen molar-refractivity contribution in [2.24, 2.45) is 0 Å². The van der Waals surface area contributed by atoms with Crippen molar-refractivity contribution in [1.29, 1.82) is 5.26 Å². The minimum atomic E-state index is -0.298. The third-order valence-electron chi connectivity index (χ3n) is 4.32. The van der Waals surface area contributed by atoms with Gasteiger partial charge >= 0.3 is 0 Å². The second-order valence-corrected chi connectivity index (χ2v) is 7.23. The fourth-order valence-electron chi connectivity index (χ4n) is 3.00.